The number of rotatable bonds is 6. The smallest absolute Gasteiger partial charge is 0.363 e. The topological polar surface area (TPSA) is 66.7 Å². The molecule has 0 bridgehead atoms. The second-order valence-corrected chi connectivity index (χ2v) is 9.24. The molecule has 2 N–H and O–H groups in total. The molecule has 0 spiro atoms. The van der Waals surface area contributed by atoms with Crippen molar-refractivity contribution >= 4 is 18.0 Å². The molecule has 0 saturated heterocycles. The fraction of sp³-hybridized carbons (Fsp3) is 0.500. The number of halogens is 3. The molecule has 7 nitrogen and oxygen atoms in total. The van der Waals surface area contributed by atoms with E-state index in [2.05, 4.69) is 25.5 Å². The van der Waals surface area contributed by atoms with Crippen molar-refractivity contribution in [3.63, 3.8) is 0 Å². The SMILES string of the molecule is Cc1ccc([C@H]2C[C@H](C(F)(F)F)n3nc(-c4n[nH]c(=S)n4CCCN(C)C)cc3N2)cc1C. The maximum atomic E-state index is 14.1. The maximum absolute atomic E-state index is 14.1. The Morgan fingerprint density at radius 1 is 1.18 bits per heavy atom. The lowest BCUT2D eigenvalue weighted by Gasteiger charge is -2.33. The van der Waals surface area contributed by atoms with E-state index in [1.807, 2.05) is 46.1 Å². The number of benzene rings is 1. The molecule has 0 unspecified atom stereocenters. The molecule has 4 rings (SSSR count). The summed E-state index contributed by atoms with van der Waals surface area (Å²) in [5, 5.41) is 14.6. The number of hydrogen-bond donors (Lipinski definition) is 2. The first-order valence-electron chi connectivity index (χ1n) is 10.8. The summed E-state index contributed by atoms with van der Waals surface area (Å²) < 4.78 is 45.4. The summed E-state index contributed by atoms with van der Waals surface area (Å²) in [5.41, 5.74) is 3.33. The molecule has 1 aliphatic heterocycles. The van der Waals surface area contributed by atoms with E-state index < -0.39 is 18.3 Å². The van der Waals surface area contributed by atoms with Gasteiger partial charge in [-0.25, -0.2) is 4.68 Å². The van der Waals surface area contributed by atoms with Crippen LogP contribution in [-0.2, 0) is 6.54 Å². The van der Waals surface area contributed by atoms with Crippen LogP contribution in [0.1, 0.15) is 41.6 Å². The van der Waals surface area contributed by atoms with Crippen molar-refractivity contribution < 1.29 is 13.2 Å². The first-order chi connectivity index (χ1) is 15.5. The Balaban J connectivity index is 1.70. The van der Waals surface area contributed by atoms with E-state index in [1.54, 1.807) is 10.6 Å². The lowest BCUT2D eigenvalue weighted by molar-refractivity contribution is -0.173. The van der Waals surface area contributed by atoms with Crippen molar-refractivity contribution in [3.05, 3.63) is 45.7 Å². The Hall–Kier alpha value is -2.66. The largest absolute Gasteiger partial charge is 0.410 e. The van der Waals surface area contributed by atoms with Crippen molar-refractivity contribution in [3.8, 4) is 11.5 Å². The monoisotopic (exact) mass is 479 g/mol. The zero-order chi connectivity index (χ0) is 23.9. The second kappa shape index (κ2) is 8.94. The van der Waals surface area contributed by atoms with Gasteiger partial charge in [0.05, 0.1) is 6.04 Å². The Morgan fingerprint density at radius 3 is 2.61 bits per heavy atom. The van der Waals surface area contributed by atoms with Gasteiger partial charge in [0.15, 0.2) is 16.6 Å². The highest BCUT2D eigenvalue weighted by atomic mass is 32.1. The fourth-order valence-electron chi connectivity index (χ4n) is 4.15. The lowest BCUT2D eigenvalue weighted by Crippen LogP contribution is -2.35. The molecule has 0 radical (unpaired) electrons. The van der Waals surface area contributed by atoms with Gasteiger partial charge in [0.25, 0.3) is 0 Å². The highest BCUT2D eigenvalue weighted by Gasteiger charge is 2.46. The summed E-state index contributed by atoms with van der Waals surface area (Å²) in [5.74, 6) is 0.752. The van der Waals surface area contributed by atoms with Crippen LogP contribution in [-0.4, -0.2) is 56.3 Å². The summed E-state index contributed by atoms with van der Waals surface area (Å²) >= 11 is 5.35. The molecule has 2 atom stereocenters. The zero-order valence-corrected chi connectivity index (χ0v) is 19.9. The van der Waals surface area contributed by atoms with E-state index in [-0.39, 0.29) is 6.42 Å². The van der Waals surface area contributed by atoms with Gasteiger partial charge < -0.3 is 10.2 Å². The Labute approximate surface area is 195 Å². The van der Waals surface area contributed by atoms with E-state index in [0.29, 0.717) is 28.7 Å². The summed E-state index contributed by atoms with van der Waals surface area (Å²) in [7, 11) is 3.96. The van der Waals surface area contributed by atoms with Gasteiger partial charge in [-0.2, -0.15) is 23.4 Å². The molecule has 0 saturated carbocycles. The summed E-state index contributed by atoms with van der Waals surface area (Å²) in [6, 6.07) is 5.18. The van der Waals surface area contributed by atoms with Crippen molar-refractivity contribution in [2.45, 2.75) is 51.5 Å². The molecule has 0 amide bonds. The normalized spacial score (nSPS) is 18.4. The van der Waals surface area contributed by atoms with Crippen LogP contribution in [0.15, 0.2) is 24.3 Å². The lowest BCUT2D eigenvalue weighted by atomic mass is 9.94. The maximum Gasteiger partial charge on any atom is 0.410 e. The number of aromatic amines is 1. The molecular weight excluding hydrogens is 451 g/mol. The third-order valence-electron chi connectivity index (χ3n) is 6.10. The fourth-order valence-corrected chi connectivity index (χ4v) is 4.37. The van der Waals surface area contributed by atoms with Crippen LogP contribution in [0.3, 0.4) is 0 Å². The van der Waals surface area contributed by atoms with Crippen LogP contribution < -0.4 is 5.32 Å². The predicted molar refractivity (Wildman–Crippen MR) is 124 cm³/mol. The van der Waals surface area contributed by atoms with Crippen molar-refractivity contribution in [2.24, 2.45) is 0 Å². The van der Waals surface area contributed by atoms with Crippen molar-refractivity contribution in [1.29, 1.82) is 0 Å². The number of fused-ring (bicyclic) bond motifs is 1. The molecule has 0 fully saturated rings. The molecule has 0 aliphatic carbocycles. The van der Waals surface area contributed by atoms with Crippen LogP contribution in [0.2, 0.25) is 0 Å². The Kier molecular flexibility index (Phi) is 6.37. The average molecular weight is 480 g/mol. The van der Waals surface area contributed by atoms with Crippen LogP contribution in [0.4, 0.5) is 19.0 Å². The molecule has 33 heavy (non-hydrogen) atoms. The number of H-pyrrole nitrogens is 1. The third kappa shape index (κ3) is 4.84. The third-order valence-corrected chi connectivity index (χ3v) is 6.41. The Morgan fingerprint density at radius 2 is 1.94 bits per heavy atom. The number of aryl methyl sites for hydroxylation is 2. The minimum absolute atomic E-state index is 0.143. The highest BCUT2D eigenvalue weighted by Crippen LogP contribution is 2.44. The molecule has 1 aliphatic rings. The average Bonchev–Trinajstić information content (AvgIpc) is 3.31. The van der Waals surface area contributed by atoms with E-state index in [9.17, 15) is 13.2 Å². The molecule has 178 valence electrons. The minimum atomic E-state index is -4.44. The van der Waals surface area contributed by atoms with Gasteiger partial charge in [0.1, 0.15) is 11.5 Å². The van der Waals surface area contributed by atoms with Gasteiger partial charge in [0, 0.05) is 19.0 Å². The number of alkyl halides is 3. The second-order valence-electron chi connectivity index (χ2n) is 8.85. The van der Waals surface area contributed by atoms with Crippen molar-refractivity contribution in [2.75, 3.05) is 26.0 Å². The molecule has 1 aromatic carbocycles. The van der Waals surface area contributed by atoms with Crippen molar-refractivity contribution in [1.82, 2.24) is 29.4 Å². The van der Waals surface area contributed by atoms with Crippen LogP contribution in [0.5, 0.6) is 0 Å². The number of nitrogens with zero attached hydrogens (tertiary/aromatic N) is 5. The van der Waals surface area contributed by atoms with Crippen LogP contribution in [0, 0.1) is 18.6 Å². The van der Waals surface area contributed by atoms with E-state index in [4.69, 9.17) is 12.2 Å². The predicted octanol–water partition coefficient (Wildman–Crippen LogP) is 5.03. The summed E-state index contributed by atoms with van der Waals surface area (Å²) in [4.78, 5) is 2.06. The molecule has 3 heterocycles. The van der Waals surface area contributed by atoms with Crippen LogP contribution in [0.25, 0.3) is 11.5 Å². The van der Waals surface area contributed by atoms with E-state index in [1.165, 1.54) is 0 Å². The number of anilines is 1. The zero-order valence-electron chi connectivity index (χ0n) is 19.1. The number of aromatic nitrogens is 5. The van der Waals surface area contributed by atoms with Gasteiger partial charge in [-0.05, 0) is 69.8 Å². The number of hydrogen-bond acceptors (Lipinski definition) is 5. The van der Waals surface area contributed by atoms with Gasteiger partial charge in [-0.15, -0.1) is 0 Å². The first kappa shape index (κ1) is 23.5. The van der Waals surface area contributed by atoms with E-state index >= 15 is 0 Å². The highest BCUT2D eigenvalue weighted by molar-refractivity contribution is 7.71. The Bertz CT molecular complexity index is 1190. The summed E-state index contributed by atoms with van der Waals surface area (Å²) in [6.07, 6.45) is -3.76. The van der Waals surface area contributed by atoms with Gasteiger partial charge in [0.2, 0.25) is 0 Å². The van der Waals surface area contributed by atoms with Gasteiger partial charge >= 0.3 is 6.18 Å². The molecule has 3 aromatic rings. The van der Waals surface area contributed by atoms with E-state index in [0.717, 1.165) is 34.3 Å². The standard InChI is InChI=1S/C22H28F3N7S/c1-13-6-7-15(10-14(13)2)16-11-18(22(23,24)25)32-19(26-16)12-17(29-32)20-27-28-21(33)31(20)9-5-8-30(3)4/h6-7,10,12,16,18,26H,5,8-9,11H2,1-4H3,(H,28,33)/t16-,18-/m1/s1. The van der Waals surface area contributed by atoms with Gasteiger partial charge in [-0.3, -0.25) is 9.67 Å². The molecule has 11 heteroatoms. The summed E-state index contributed by atoms with van der Waals surface area (Å²) in [6.45, 7) is 5.39. The first-order valence-corrected chi connectivity index (χ1v) is 11.3. The minimum Gasteiger partial charge on any atom is -0.363 e. The molecule has 2 aromatic heterocycles. The quantitative estimate of drug-likeness (QED) is 0.486. The number of nitrogens with one attached hydrogen (secondary N) is 2. The van der Waals surface area contributed by atoms with Crippen LogP contribution >= 0.6 is 12.2 Å². The van der Waals surface area contributed by atoms with Gasteiger partial charge in [-0.1, -0.05) is 18.2 Å². The molecular formula is C22H28F3N7S.